The van der Waals surface area contributed by atoms with Crippen LogP contribution in [0.5, 0.6) is 5.75 Å². The zero-order chi connectivity index (χ0) is 7.72. The first kappa shape index (κ1) is 8.18. The molecule has 0 saturated heterocycles. The monoisotopic (exact) mass is 240 g/mol. The second kappa shape index (κ2) is 2.99. The fraction of sp³-hybridized carbons (Fsp3) is 0. The van der Waals surface area contributed by atoms with E-state index < -0.39 is 0 Å². The van der Waals surface area contributed by atoms with Gasteiger partial charge in [0.2, 0.25) is 0 Å². The van der Waals surface area contributed by atoms with E-state index in [4.69, 9.17) is 28.3 Å². The van der Waals surface area contributed by atoms with Gasteiger partial charge in [-0.3, -0.25) is 0 Å². The van der Waals surface area contributed by atoms with Gasteiger partial charge >= 0.3 is 0 Å². The summed E-state index contributed by atoms with van der Waals surface area (Å²) in [5.74, 6) is 0.0984. The van der Waals surface area contributed by atoms with E-state index in [0.717, 1.165) is 0 Å². The summed E-state index contributed by atoms with van der Waals surface area (Å²) in [7, 11) is 0. The maximum atomic E-state index is 8.95. The molecule has 0 aliphatic heterocycles. The minimum atomic E-state index is 0.0984. The van der Waals surface area contributed by atoms with E-state index in [1.54, 1.807) is 0 Å². The van der Waals surface area contributed by atoms with Crippen molar-refractivity contribution in [1.29, 1.82) is 0 Å². The molecule has 54 valence electrons. The van der Waals surface area contributed by atoms with Crippen LogP contribution in [0.3, 0.4) is 0 Å². The fourth-order valence-corrected chi connectivity index (χ4v) is 1.43. The molecule has 0 spiro atoms. The molecule has 0 radical (unpaired) electrons. The van der Waals surface area contributed by atoms with Gasteiger partial charge in [-0.1, -0.05) is 23.2 Å². The Labute approximate surface area is 76.7 Å². The van der Waals surface area contributed by atoms with Crippen molar-refractivity contribution in [3.63, 3.8) is 0 Å². The molecule has 0 amide bonds. The molecular formula is C6H3BrCl2O. The van der Waals surface area contributed by atoms with Crippen LogP contribution in [-0.2, 0) is 0 Å². The Bertz CT molecular complexity index is 239. The average molecular weight is 242 g/mol. The van der Waals surface area contributed by atoms with Gasteiger partial charge in [0.1, 0.15) is 5.75 Å². The standard InChI is InChI=1S/C6H3BrCl2O/c7-4-1-3(10)2-5(8)6(4)9/h1-2,10H. The van der Waals surface area contributed by atoms with Gasteiger partial charge in [0.25, 0.3) is 0 Å². The van der Waals surface area contributed by atoms with E-state index >= 15 is 0 Å². The molecule has 0 aliphatic carbocycles. The predicted molar refractivity (Wildman–Crippen MR) is 45.8 cm³/mol. The Morgan fingerprint density at radius 1 is 1.30 bits per heavy atom. The molecule has 0 aromatic heterocycles. The Balaban J connectivity index is 3.31. The van der Waals surface area contributed by atoms with Crippen LogP contribution in [0.4, 0.5) is 0 Å². The Morgan fingerprint density at radius 2 is 1.90 bits per heavy atom. The third-order valence-electron chi connectivity index (χ3n) is 0.969. The molecule has 0 atom stereocenters. The number of phenolic OH excluding ortho intramolecular Hbond substituents is 1. The van der Waals surface area contributed by atoms with E-state index in [1.165, 1.54) is 12.1 Å². The number of aromatic hydroxyl groups is 1. The number of hydrogen-bond acceptors (Lipinski definition) is 1. The summed E-state index contributed by atoms with van der Waals surface area (Å²) in [6, 6.07) is 2.86. The molecule has 4 heteroatoms. The lowest BCUT2D eigenvalue weighted by Crippen LogP contribution is -1.71. The molecule has 0 aliphatic rings. The molecule has 1 rings (SSSR count). The van der Waals surface area contributed by atoms with E-state index in [2.05, 4.69) is 15.9 Å². The molecule has 0 bridgehead atoms. The summed E-state index contributed by atoms with van der Waals surface area (Å²) < 4.78 is 0.596. The van der Waals surface area contributed by atoms with E-state index in [-0.39, 0.29) is 5.75 Å². The fourth-order valence-electron chi connectivity index (χ4n) is 0.542. The number of benzene rings is 1. The zero-order valence-corrected chi connectivity index (χ0v) is 7.83. The van der Waals surface area contributed by atoms with Gasteiger partial charge in [0, 0.05) is 10.5 Å². The number of phenols is 1. The van der Waals surface area contributed by atoms with Crippen LogP contribution in [0.25, 0.3) is 0 Å². The highest BCUT2D eigenvalue weighted by Gasteiger charge is 2.03. The maximum Gasteiger partial charge on any atom is 0.118 e. The Kier molecular flexibility index (Phi) is 2.45. The van der Waals surface area contributed by atoms with Crippen molar-refractivity contribution in [2.24, 2.45) is 0 Å². The second-order valence-electron chi connectivity index (χ2n) is 1.72. The van der Waals surface area contributed by atoms with Crippen LogP contribution >= 0.6 is 39.1 Å². The van der Waals surface area contributed by atoms with Gasteiger partial charge in [0.05, 0.1) is 10.0 Å². The van der Waals surface area contributed by atoms with Crippen molar-refractivity contribution in [3.8, 4) is 5.75 Å². The van der Waals surface area contributed by atoms with Gasteiger partial charge in [-0.25, -0.2) is 0 Å². The van der Waals surface area contributed by atoms with Crippen LogP contribution in [-0.4, -0.2) is 5.11 Å². The van der Waals surface area contributed by atoms with Crippen molar-refractivity contribution >= 4 is 39.1 Å². The summed E-state index contributed by atoms with van der Waals surface area (Å²) in [4.78, 5) is 0. The lowest BCUT2D eigenvalue weighted by molar-refractivity contribution is 0.475. The van der Waals surface area contributed by atoms with Crippen LogP contribution in [0, 0.1) is 0 Å². The molecule has 1 N–H and O–H groups in total. The van der Waals surface area contributed by atoms with Gasteiger partial charge in [0.15, 0.2) is 0 Å². The van der Waals surface area contributed by atoms with Crippen molar-refractivity contribution in [3.05, 3.63) is 26.7 Å². The Morgan fingerprint density at radius 3 is 2.40 bits per heavy atom. The average Bonchev–Trinajstić information content (AvgIpc) is 1.82. The van der Waals surface area contributed by atoms with Crippen LogP contribution < -0.4 is 0 Å². The first-order valence-corrected chi connectivity index (χ1v) is 3.99. The summed E-state index contributed by atoms with van der Waals surface area (Å²) in [6.07, 6.45) is 0. The largest absolute Gasteiger partial charge is 0.508 e. The van der Waals surface area contributed by atoms with E-state index in [9.17, 15) is 0 Å². The Hall–Kier alpha value is 0.0800. The molecular weight excluding hydrogens is 239 g/mol. The van der Waals surface area contributed by atoms with Crippen LogP contribution in [0.15, 0.2) is 16.6 Å². The molecule has 10 heavy (non-hydrogen) atoms. The van der Waals surface area contributed by atoms with E-state index in [1.807, 2.05) is 0 Å². The third kappa shape index (κ3) is 1.57. The predicted octanol–water partition coefficient (Wildman–Crippen LogP) is 3.46. The third-order valence-corrected chi connectivity index (χ3v) is 2.62. The first-order valence-electron chi connectivity index (χ1n) is 2.45. The topological polar surface area (TPSA) is 20.2 Å². The van der Waals surface area contributed by atoms with Gasteiger partial charge < -0.3 is 5.11 Å². The van der Waals surface area contributed by atoms with Crippen molar-refractivity contribution in [2.75, 3.05) is 0 Å². The molecule has 1 aromatic carbocycles. The lowest BCUT2D eigenvalue weighted by Gasteiger charge is -1.98. The number of hydrogen-bond donors (Lipinski definition) is 1. The van der Waals surface area contributed by atoms with Crippen molar-refractivity contribution in [2.45, 2.75) is 0 Å². The minimum Gasteiger partial charge on any atom is -0.508 e. The highest BCUT2D eigenvalue weighted by molar-refractivity contribution is 9.10. The summed E-state index contributed by atoms with van der Waals surface area (Å²) >= 11 is 14.4. The van der Waals surface area contributed by atoms with E-state index in [0.29, 0.717) is 14.5 Å². The highest BCUT2D eigenvalue weighted by atomic mass is 79.9. The minimum absolute atomic E-state index is 0.0984. The summed E-state index contributed by atoms with van der Waals surface area (Å²) in [5.41, 5.74) is 0. The molecule has 1 aromatic rings. The van der Waals surface area contributed by atoms with Crippen LogP contribution in [0.1, 0.15) is 0 Å². The molecule has 0 heterocycles. The van der Waals surface area contributed by atoms with Gasteiger partial charge in [-0.05, 0) is 22.0 Å². The van der Waals surface area contributed by atoms with Crippen LogP contribution in [0.2, 0.25) is 10.0 Å². The highest BCUT2D eigenvalue weighted by Crippen LogP contribution is 2.33. The van der Waals surface area contributed by atoms with Gasteiger partial charge in [-0.15, -0.1) is 0 Å². The summed E-state index contributed by atoms with van der Waals surface area (Å²) in [6.45, 7) is 0. The SMILES string of the molecule is Oc1cc(Cl)c(Cl)c(Br)c1. The molecule has 0 unspecified atom stereocenters. The summed E-state index contributed by atoms with van der Waals surface area (Å²) in [5, 5.41) is 9.70. The molecule has 0 saturated carbocycles. The second-order valence-corrected chi connectivity index (χ2v) is 3.36. The van der Waals surface area contributed by atoms with Crippen molar-refractivity contribution < 1.29 is 5.11 Å². The number of halogens is 3. The zero-order valence-electron chi connectivity index (χ0n) is 4.74. The quantitative estimate of drug-likeness (QED) is 0.690. The first-order chi connectivity index (χ1) is 4.61. The maximum absolute atomic E-state index is 8.95. The smallest absolute Gasteiger partial charge is 0.118 e. The molecule has 1 nitrogen and oxygen atoms in total. The normalized spacial score (nSPS) is 9.90. The lowest BCUT2D eigenvalue weighted by atomic mass is 10.3. The van der Waals surface area contributed by atoms with Crippen molar-refractivity contribution in [1.82, 2.24) is 0 Å². The molecule has 0 fully saturated rings. The number of rotatable bonds is 0. The van der Waals surface area contributed by atoms with Gasteiger partial charge in [-0.2, -0.15) is 0 Å².